The number of hydrogen-bond donors (Lipinski definition) is 1. The molecule has 0 radical (unpaired) electrons. The van der Waals surface area contributed by atoms with E-state index in [1.165, 1.54) is 0 Å². The van der Waals surface area contributed by atoms with Gasteiger partial charge in [0.1, 0.15) is 0 Å². The van der Waals surface area contributed by atoms with Crippen molar-refractivity contribution in [2.45, 2.75) is 39.7 Å². The van der Waals surface area contributed by atoms with Crippen LogP contribution in [0.4, 0.5) is 0 Å². The largest absolute Gasteiger partial charge is 0.387 e. The van der Waals surface area contributed by atoms with Crippen LogP contribution in [0, 0.1) is 0 Å². The van der Waals surface area contributed by atoms with Crippen molar-refractivity contribution in [1.29, 1.82) is 0 Å². The van der Waals surface area contributed by atoms with Gasteiger partial charge < -0.3 is 10.5 Å². The maximum atomic E-state index is 5.57. The molecule has 0 fully saturated rings. The monoisotopic (exact) mass is 172 g/mol. The van der Waals surface area contributed by atoms with Crippen LogP contribution in [0.3, 0.4) is 0 Å². The maximum absolute atomic E-state index is 5.57. The summed E-state index contributed by atoms with van der Waals surface area (Å²) in [4.78, 5) is 4.20. The van der Waals surface area contributed by atoms with Gasteiger partial charge in [0.15, 0.2) is 0 Å². The quantitative estimate of drug-likeness (QED) is 0.505. The van der Waals surface area contributed by atoms with Crippen molar-refractivity contribution in [2.75, 3.05) is 13.2 Å². The highest BCUT2D eigenvalue weighted by Crippen LogP contribution is 2.08. The first-order valence-corrected chi connectivity index (χ1v) is 4.44. The van der Waals surface area contributed by atoms with E-state index in [4.69, 9.17) is 10.5 Å². The van der Waals surface area contributed by atoms with Crippen LogP contribution < -0.4 is 5.73 Å². The topological polar surface area (TPSA) is 47.6 Å². The van der Waals surface area contributed by atoms with E-state index in [0.29, 0.717) is 19.0 Å². The molecule has 3 nitrogen and oxygen atoms in total. The molecule has 3 heteroatoms. The van der Waals surface area contributed by atoms with Crippen LogP contribution >= 0.6 is 0 Å². The minimum Gasteiger partial charge on any atom is -0.387 e. The normalized spacial score (nSPS) is 13.5. The number of nitrogens with zero attached hydrogens (tertiary/aromatic N) is 1. The van der Waals surface area contributed by atoms with Crippen molar-refractivity contribution < 1.29 is 4.74 Å². The van der Waals surface area contributed by atoms with Crippen molar-refractivity contribution >= 4 is 5.84 Å². The Morgan fingerprint density at radius 1 is 1.42 bits per heavy atom. The van der Waals surface area contributed by atoms with Crippen molar-refractivity contribution in [3.8, 4) is 0 Å². The Balaban J connectivity index is 3.89. The third-order valence-electron chi connectivity index (χ3n) is 1.56. The molecule has 0 unspecified atom stereocenters. The summed E-state index contributed by atoms with van der Waals surface area (Å²) in [5.74, 6) is 0.697. The second-order valence-corrected chi connectivity index (χ2v) is 3.35. The van der Waals surface area contributed by atoms with Crippen molar-refractivity contribution in [3.05, 3.63) is 0 Å². The summed E-state index contributed by atoms with van der Waals surface area (Å²) in [6.45, 7) is 9.36. The number of rotatable bonds is 5. The van der Waals surface area contributed by atoms with E-state index in [2.05, 4.69) is 4.99 Å². The molecule has 72 valence electrons. The first-order valence-electron chi connectivity index (χ1n) is 4.44. The van der Waals surface area contributed by atoms with E-state index < -0.39 is 0 Å². The molecule has 0 aliphatic carbocycles. The molecular weight excluding hydrogens is 152 g/mol. The maximum Gasteiger partial charge on any atom is 0.0935 e. The lowest BCUT2D eigenvalue weighted by Crippen LogP contribution is -2.29. The third kappa shape index (κ3) is 5.13. The molecule has 0 amide bonds. The second-order valence-electron chi connectivity index (χ2n) is 3.35. The zero-order valence-corrected chi connectivity index (χ0v) is 8.55. The van der Waals surface area contributed by atoms with Crippen LogP contribution in [0.15, 0.2) is 4.99 Å². The highest BCUT2D eigenvalue weighted by Gasteiger charge is 2.16. The molecule has 0 aliphatic rings. The molecule has 0 aromatic heterocycles. The number of amidine groups is 1. The fourth-order valence-corrected chi connectivity index (χ4v) is 0.840. The van der Waals surface area contributed by atoms with Crippen LogP contribution in [-0.4, -0.2) is 24.6 Å². The fourth-order valence-electron chi connectivity index (χ4n) is 0.840. The van der Waals surface area contributed by atoms with Gasteiger partial charge in [0.05, 0.1) is 18.0 Å². The van der Waals surface area contributed by atoms with Gasteiger partial charge in [-0.25, -0.2) is 0 Å². The lowest BCUT2D eigenvalue weighted by Gasteiger charge is -2.22. The Morgan fingerprint density at radius 3 is 2.42 bits per heavy atom. The number of nitrogens with two attached hydrogens (primary N) is 1. The number of hydrogen-bond acceptors (Lipinski definition) is 2. The van der Waals surface area contributed by atoms with Crippen LogP contribution in [0.2, 0.25) is 0 Å². The van der Waals surface area contributed by atoms with Gasteiger partial charge in [-0.15, -0.1) is 0 Å². The molecule has 0 heterocycles. The first-order chi connectivity index (χ1) is 5.52. The molecule has 0 saturated carbocycles. The van der Waals surface area contributed by atoms with Gasteiger partial charge >= 0.3 is 0 Å². The molecule has 0 bridgehead atoms. The van der Waals surface area contributed by atoms with Gasteiger partial charge in [0.25, 0.3) is 0 Å². The Bertz CT molecular complexity index is 153. The van der Waals surface area contributed by atoms with Gasteiger partial charge in [-0.3, -0.25) is 4.99 Å². The van der Waals surface area contributed by atoms with Crippen molar-refractivity contribution in [3.63, 3.8) is 0 Å². The fraction of sp³-hybridized carbons (Fsp3) is 0.889. The molecule has 0 aromatic rings. The number of ether oxygens (including phenoxy) is 1. The van der Waals surface area contributed by atoms with Gasteiger partial charge in [-0.2, -0.15) is 0 Å². The minimum absolute atomic E-state index is 0.186. The van der Waals surface area contributed by atoms with E-state index >= 15 is 0 Å². The molecule has 0 saturated heterocycles. The molecular formula is C9H20N2O. The first kappa shape index (κ1) is 11.4. The molecule has 0 rings (SSSR count). The average Bonchev–Trinajstić information content (AvgIpc) is 2.00. The van der Waals surface area contributed by atoms with E-state index in [1.807, 2.05) is 27.7 Å². The predicted octanol–water partition coefficient (Wildman–Crippen LogP) is 1.57. The van der Waals surface area contributed by atoms with Gasteiger partial charge in [-0.1, -0.05) is 6.92 Å². The summed E-state index contributed by atoms with van der Waals surface area (Å²) in [6, 6.07) is 0. The van der Waals surface area contributed by atoms with Crippen LogP contribution in [0.5, 0.6) is 0 Å². The lowest BCUT2D eigenvalue weighted by atomic mass is 10.1. The molecule has 12 heavy (non-hydrogen) atoms. The molecule has 2 N–H and O–H groups in total. The van der Waals surface area contributed by atoms with Crippen LogP contribution in [0.25, 0.3) is 0 Å². The smallest absolute Gasteiger partial charge is 0.0935 e. The molecule has 0 atom stereocenters. The molecule has 0 aromatic carbocycles. The zero-order chi connectivity index (χ0) is 9.61. The molecule has 0 spiro atoms. The molecule has 0 aliphatic heterocycles. The zero-order valence-electron chi connectivity index (χ0n) is 8.55. The van der Waals surface area contributed by atoms with Gasteiger partial charge in [0, 0.05) is 13.0 Å². The highest BCUT2D eigenvalue weighted by molar-refractivity contribution is 5.79. The summed E-state index contributed by atoms with van der Waals surface area (Å²) < 4.78 is 5.46. The van der Waals surface area contributed by atoms with Crippen LogP contribution in [0.1, 0.15) is 34.1 Å². The summed E-state index contributed by atoms with van der Waals surface area (Å²) in [6.07, 6.45) is 0.808. The highest BCUT2D eigenvalue weighted by atomic mass is 16.5. The van der Waals surface area contributed by atoms with E-state index in [0.717, 1.165) is 6.42 Å². The SMILES string of the molecule is CCOC(C)(C)CN=C(N)CC. The summed E-state index contributed by atoms with van der Waals surface area (Å²) in [7, 11) is 0. The Morgan fingerprint density at radius 2 is 2.00 bits per heavy atom. The van der Waals surface area contributed by atoms with E-state index in [9.17, 15) is 0 Å². The van der Waals surface area contributed by atoms with E-state index in [-0.39, 0.29) is 5.60 Å². The van der Waals surface area contributed by atoms with Crippen LogP contribution in [-0.2, 0) is 4.74 Å². The Hall–Kier alpha value is -0.570. The summed E-state index contributed by atoms with van der Waals surface area (Å²) in [5, 5.41) is 0. The standard InChI is InChI=1S/C9H20N2O/c1-5-8(10)11-7-9(3,4)12-6-2/h5-7H2,1-4H3,(H2,10,11). The van der Waals surface area contributed by atoms with Gasteiger partial charge in [0.2, 0.25) is 0 Å². The van der Waals surface area contributed by atoms with Crippen molar-refractivity contribution in [1.82, 2.24) is 0 Å². The predicted molar refractivity (Wildman–Crippen MR) is 52.5 cm³/mol. The van der Waals surface area contributed by atoms with Gasteiger partial charge in [-0.05, 0) is 20.8 Å². The van der Waals surface area contributed by atoms with E-state index in [1.54, 1.807) is 0 Å². The minimum atomic E-state index is -0.186. The third-order valence-corrected chi connectivity index (χ3v) is 1.56. The Kier molecular flexibility index (Phi) is 4.90. The summed E-state index contributed by atoms with van der Waals surface area (Å²) >= 11 is 0. The summed E-state index contributed by atoms with van der Waals surface area (Å²) in [5.41, 5.74) is 5.38. The average molecular weight is 172 g/mol. The van der Waals surface area contributed by atoms with Crippen molar-refractivity contribution in [2.24, 2.45) is 10.7 Å². The second kappa shape index (κ2) is 5.14. The lowest BCUT2D eigenvalue weighted by molar-refractivity contribution is -0.00212. The number of aliphatic imine (C=N–C) groups is 1. The Labute approximate surface area is 75.0 Å².